The second-order valence-corrected chi connectivity index (χ2v) is 5.97. The first-order valence-electron chi connectivity index (χ1n) is 8.10. The largest absolute Gasteiger partial charge is 0.496 e. The van der Waals surface area contributed by atoms with Crippen LogP contribution in [0.1, 0.15) is 27.0 Å². The van der Waals surface area contributed by atoms with Gasteiger partial charge in [0.2, 0.25) is 0 Å². The Bertz CT molecular complexity index is 907. The molecule has 0 bridgehead atoms. The topological polar surface area (TPSA) is 108 Å². The van der Waals surface area contributed by atoms with Crippen LogP contribution < -0.4 is 10.1 Å². The van der Waals surface area contributed by atoms with Crippen LogP contribution in [0, 0.1) is 30.9 Å². The molecule has 142 valence electrons. The molecule has 8 nitrogen and oxygen atoms in total. The Morgan fingerprint density at radius 2 is 1.78 bits per heavy atom. The summed E-state index contributed by atoms with van der Waals surface area (Å²) < 4.78 is 10.1. The third-order valence-electron chi connectivity index (χ3n) is 4.15. The summed E-state index contributed by atoms with van der Waals surface area (Å²) in [5.74, 6) is -0.835. The third kappa shape index (κ3) is 4.60. The zero-order chi connectivity index (χ0) is 20.1. The summed E-state index contributed by atoms with van der Waals surface area (Å²) in [6.45, 7) is 4.71. The highest BCUT2D eigenvalue weighted by atomic mass is 16.6. The molecule has 0 aliphatic rings. The van der Waals surface area contributed by atoms with Crippen molar-refractivity contribution >= 4 is 23.3 Å². The molecule has 0 saturated carbocycles. The van der Waals surface area contributed by atoms with Crippen LogP contribution in [0.5, 0.6) is 5.75 Å². The van der Waals surface area contributed by atoms with Crippen molar-refractivity contribution in [1.82, 2.24) is 0 Å². The number of nitrogens with zero attached hydrogens (tertiary/aromatic N) is 1. The van der Waals surface area contributed by atoms with E-state index in [2.05, 4.69) is 5.32 Å². The van der Waals surface area contributed by atoms with Crippen molar-refractivity contribution < 1.29 is 24.0 Å². The number of aryl methyl sites for hydroxylation is 2. The lowest BCUT2D eigenvalue weighted by atomic mass is 10.1. The summed E-state index contributed by atoms with van der Waals surface area (Å²) in [7, 11) is 1.49. The lowest BCUT2D eigenvalue weighted by Crippen LogP contribution is -2.22. The van der Waals surface area contributed by atoms with Gasteiger partial charge in [-0.1, -0.05) is 12.1 Å². The second-order valence-electron chi connectivity index (χ2n) is 5.97. The van der Waals surface area contributed by atoms with Crippen molar-refractivity contribution in [2.75, 3.05) is 19.0 Å². The first-order chi connectivity index (χ1) is 12.7. The van der Waals surface area contributed by atoms with E-state index in [-0.39, 0.29) is 16.9 Å². The molecule has 0 unspecified atom stereocenters. The Hall–Kier alpha value is -3.42. The second kappa shape index (κ2) is 8.31. The van der Waals surface area contributed by atoms with Crippen molar-refractivity contribution in [1.29, 1.82) is 0 Å². The van der Waals surface area contributed by atoms with Crippen molar-refractivity contribution in [3.8, 4) is 5.75 Å². The monoisotopic (exact) mass is 372 g/mol. The average molecular weight is 372 g/mol. The van der Waals surface area contributed by atoms with Gasteiger partial charge in [0.1, 0.15) is 11.4 Å². The number of benzene rings is 2. The maximum absolute atomic E-state index is 12.1. The van der Waals surface area contributed by atoms with Crippen LogP contribution in [0.3, 0.4) is 0 Å². The first-order valence-corrected chi connectivity index (χ1v) is 8.10. The van der Waals surface area contributed by atoms with Gasteiger partial charge in [-0.15, -0.1) is 0 Å². The highest BCUT2D eigenvalue weighted by molar-refractivity contribution is 5.97. The van der Waals surface area contributed by atoms with Gasteiger partial charge in [-0.05, 0) is 49.6 Å². The van der Waals surface area contributed by atoms with Gasteiger partial charge in [0, 0.05) is 6.07 Å². The minimum absolute atomic E-state index is 0.0954. The number of carbonyl (C=O) groups excluding carboxylic acids is 2. The molecule has 0 atom stereocenters. The fraction of sp³-hybridized carbons (Fsp3) is 0.263. The van der Waals surface area contributed by atoms with E-state index in [0.29, 0.717) is 11.3 Å². The fourth-order valence-corrected chi connectivity index (χ4v) is 2.45. The molecule has 0 aliphatic heterocycles. The molecule has 8 heteroatoms. The maximum Gasteiger partial charge on any atom is 0.338 e. The summed E-state index contributed by atoms with van der Waals surface area (Å²) in [5.41, 5.74) is 2.34. The molecule has 2 rings (SSSR count). The van der Waals surface area contributed by atoms with Crippen molar-refractivity contribution in [3.05, 3.63) is 62.7 Å². The number of methoxy groups -OCH3 is 1. The third-order valence-corrected chi connectivity index (χ3v) is 4.15. The van der Waals surface area contributed by atoms with Gasteiger partial charge in [0.05, 0.1) is 17.6 Å². The fourth-order valence-electron chi connectivity index (χ4n) is 2.45. The number of ether oxygens (including phenoxy) is 2. The Balaban J connectivity index is 2.08. The molecule has 2 aromatic rings. The smallest absolute Gasteiger partial charge is 0.338 e. The zero-order valence-electron chi connectivity index (χ0n) is 15.5. The van der Waals surface area contributed by atoms with E-state index in [4.69, 9.17) is 9.47 Å². The lowest BCUT2D eigenvalue weighted by Gasteiger charge is -2.12. The Morgan fingerprint density at radius 1 is 1.11 bits per heavy atom. The van der Waals surface area contributed by atoms with Gasteiger partial charge < -0.3 is 14.8 Å². The predicted octanol–water partition coefficient (Wildman–Crippen LogP) is 3.32. The number of nitrogens with one attached hydrogen (secondary N) is 1. The number of nitro groups is 1. The van der Waals surface area contributed by atoms with E-state index in [1.54, 1.807) is 32.0 Å². The lowest BCUT2D eigenvalue weighted by molar-refractivity contribution is -0.384. The van der Waals surface area contributed by atoms with E-state index in [1.165, 1.54) is 19.2 Å². The quantitative estimate of drug-likeness (QED) is 0.473. The number of hydrogen-bond donors (Lipinski definition) is 1. The standard InChI is InChI=1S/C19H20N2O6/c1-11-6-8-15(21(24)25)18(13(11)3)20-17(22)10-27-19(23)14-7-5-12(2)16(9-14)26-4/h5-9H,10H2,1-4H3,(H,20,22). The molecular formula is C19H20N2O6. The molecule has 1 N–H and O–H groups in total. The van der Waals surface area contributed by atoms with Crippen LogP contribution in [0.25, 0.3) is 0 Å². The molecule has 1 amide bonds. The molecule has 0 spiro atoms. The normalized spacial score (nSPS) is 10.2. The number of amides is 1. The van der Waals surface area contributed by atoms with E-state index < -0.39 is 23.4 Å². The average Bonchev–Trinajstić information content (AvgIpc) is 2.63. The van der Waals surface area contributed by atoms with E-state index >= 15 is 0 Å². The van der Waals surface area contributed by atoms with Crippen LogP contribution in [-0.4, -0.2) is 30.5 Å². The Labute approximate surface area is 156 Å². The van der Waals surface area contributed by atoms with Gasteiger partial charge >= 0.3 is 5.97 Å². The number of nitro benzene ring substituents is 1. The van der Waals surface area contributed by atoms with Crippen LogP contribution in [0.4, 0.5) is 11.4 Å². The van der Waals surface area contributed by atoms with Crippen LogP contribution in [0.2, 0.25) is 0 Å². The molecule has 27 heavy (non-hydrogen) atoms. The number of carbonyl (C=O) groups is 2. The van der Waals surface area contributed by atoms with Crippen LogP contribution in [0.15, 0.2) is 30.3 Å². The maximum atomic E-state index is 12.1. The molecule has 0 saturated heterocycles. The van der Waals surface area contributed by atoms with Gasteiger partial charge in [-0.25, -0.2) is 4.79 Å². The van der Waals surface area contributed by atoms with Crippen molar-refractivity contribution in [2.24, 2.45) is 0 Å². The van der Waals surface area contributed by atoms with Gasteiger partial charge in [0.25, 0.3) is 11.6 Å². The van der Waals surface area contributed by atoms with Gasteiger partial charge in [-0.2, -0.15) is 0 Å². The summed E-state index contributed by atoms with van der Waals surface area (Å²) in [4.78, 5) is 34.8. The predicted molar refractivity (Wildman–Crippen MR) is 99.2 cm³/mol. The van der Waals surface area contributed by atoms with E-state index in [0.717, 1.165) is 11.1 Å². The highest BCUT2D eigenvalue weighted by Gasteiger charge is 2.20. The van der Waals surface area contributed by atoms with Crippen molar-refractivity contribution in [2.45, 2.75) is 20.8 Å². The summed E-state index contributed by atoms with van der Waals surface area (Å²) in [6, 6.07) is 7.71. The molecule has 0 aromatic heterocycles. The SMILES string of the molecule is COc1cc(C(=O)OCC(=O)Nc2c([N+](=O)[O-])ccc(C)c2C)ccc1C. The minimum atomic E-state index is -0.695. The molecule has 0 fully saturated rings. The molecular weight excluding hydrogens is 352 g/mol. The Morgan fingerprint density at radius 3 is 2.41 bits per heavy atom. The molecule has 2 aromatic carbocycles. The first kappa shape index (κ1) is 19.9. The van der Waals surface area contributed by atoms with Gasteiger partial charge in [0.15, 0.2) is 6.61 Å². The number of esters is 1. The Kier molecular flexibility index (Phi) is 6.12. The van der Waals surface area contributed by atoms with Crippen LogP contribution >= 0.6 is 0 Å². The highest BCUT2D eigenvalue weighted by Crippen LogP contribution is 2.30. The van der Waals surface area contributed by atoms with E-state index in [1.807, 2.05) is 6.92 Å². The number of hydrogen-bond acceptors (Lipinski definition) is 6. The minimum Gasteiger partial charge on any atom is -0.496 e. The molecule has 0 aliphatic carbocycles. The summed E-state index contributed by atoms with van der Waals surface area (Å²) in [5, 5.41) is 13.6. The zero-order valence-corrected chi connectivity index (χ0v) is 15.5. The number of anilines is 1. The van der Waals surface area contributed by atoms with Crippen LogP contribution in [-0.2, 0) is 9.53 Å². The van der Waals surface area contributed by atoms with E-state index in [9.17, 15) is 19.7 Å². The van der Waals surface area contributed by atoms with Gasteiger partial charge in [-0.3, -0.25) is 14.9 Å². The summed E-state index contributed by atoms with van der Waals surface area (Å²) in [6.07, 6.45) is 0. The molecule has 0 heterocycles. The molecule has 0 radical (unpaired) electrons. The number of rotatable bonds is 6. The summed E-state index contributed by atoms with van der Waals surface area (Å²) >= 11 is 0. The van der Waals surface area contributed by atoms with Crippen molar-refractivity contribution in [3.63, 3.8) is 0 Å².